The number of Topliss-reactive ketones (excluding diaryl/α,β-unsaturated/α-hetero) is 1. The van der Waals surface area contributed by atoms with E-state index in [0.29, 0.717) is 42.5 Å². The molecule has 0 aliphatic carbocycles. The summed E-state index contributed by atoms with van der Waals surface area (Å²) >= 11 is 0. The fraction of sp³-hybridized carbons (Fsp3) is 0.393. The number of benzene rings is 1. The van der Waals surface area contributed by atoms with E-state index in [1.807, 2.05) is 49.4 Å². The Morgan fingerprint density at radius 3 is 2.61 bits per heavy atom. The van der Waals surface area contributed by atoms with Gasteiger partial charge in [-0.25, -0.2) is 4.98 Å². The van der Waals surface area contributed by atoms with Crippen LogP contribution in [0.1, 0.15) is 50.2 Å². The van der Waals surface area contributed by atoms with E-state index in [0.717, 1.165) is 25.1 Å². The number of aromatic nitrogens is 2. The Kier molecular flexibility index (Phi) is 7.74. The van der Waals surface area contributed by atoms with Gasteiger partial charge in [-0.2, -0.15) is 0 Å². The number of rotatable bonds is 10. The molecular formula is C28H34N4O4. The molecule has 2 aromatic heterocycles. The van der Waals surface area contributed by atoms with Crippen LogP contribution in [0.25, 0.3) is 11.4 Å². The van der Waals surface area contributed by atoms with Crippen molar-refractivity contribution in [3.63, 3.8) is 0 Å². The third-order valence-electron chi connectivity index (χ3n) is 6.67. The number of ketones is 1. The second-order valence-electron chi connectivity index (χ2n) is 8.91. The maximum atomic E-state index is 13.4. The minimum absolute atomic E-state index is 0.0703. The van der Waals surface area contributed by atoms with Crippen molar-refractivity contribution >= 4 is 23.1 Å². The number of fused-ring (bicyclic) bond motifs is 1. The second kappa shape index (κ2) is 11.0. The summed E-state index contributed by atoms with van der Waals surface area (Å²) < 4.78 is 7.57. The number of hydrogen-bond acceptors (Lipinski definition) is 6. The van der Waals surface area contributed by atoms with Crippen molar-refractivity contribution in [2.75, 3.05) is 32.8 Å². The molecule has 3 heterocycles. The molecule has 8 heteroatoms. The predicted molar refractivity (Wildman–Crippen MR) is 139 cm³/mol. The molecule has 1 saturated heterocycles. The Balaban J connectivity index is 1.86. The van der Waals surface area contributed by atoms with Crippen molar-refractivity contribution in [1.29, 1.82) is 0 Å². The fourth-order valence-corrected chi connectivity index (χ4v) is 4.77. The van der Waals surface area contributed by atoms with Gasteiger partial charge in [0.05, 0.1) is 23.9 Å². The van der Waals surface area contributed by atoms with Crippen LogP contribution < -0.4 is 4.74 Å². The van der Waals surface area contributed by atoms with E-state index < -0.39 is 17.7 Å². The maximum absolute atomic E-state index is 13.4. The molecular weight excluding hydrogens is 456 g/mol. The van der Waals surface area contributed by atoms with Crippen LogP contribution in [-0.4, -0.2) is 68.8 Å². The van der Waals surface area contributed by atoms with Gasteiger partial charge < -0.3 is 19.6 Å². The summed E-state index contributed by atoms with van der Waals surface area (Å²) in [5.41, 5.74) is 2.43. The van der Waals surface area contributed by atoms with E-state index >= 15 is 0 Å². The Morgan fingerprint density at radius 2 is 1.89 bits per heavy atom. The largest absolute Gasteiger partial charge is 0.505 e. The number of aliphatic hydroxyl groups excluding tert-OH is 1. The Morgan fingerprint density at radius 1 is 1.11 bits per heavy atom. The minimum atomic E-state index is -0.737. The van der Waals surface area contributed by atoms with Crippen molar-refractivity contribution in [3.05, 3.63) is 71.2 Å². The van der Waals surface area contributed by atoms with Crippen molar-refractivity contribution in [3.8, 4) is 5.75 Å². The van der Waals surface area contributed by atoms with Crippen molar-refractivity contribution < 1.29 is 19.4 Å². The standard InChI is InChI=1S/C28H34N4O4/c1-5-17-36-21-12-10-11-20(18-21)25-23(27(34)28(35)32(25)16-15-30(6-2)7-3)26(33)24-19(4)29-22-13-8-9-14-31(22)24/h8-14,18,25,33H,5-7,15-17H2,1-4H3. The average Bonchev–Trinajstić information content (AvgIpc) is 3.36. The zero-order valence-corrected chi connectivity index (χ0v) is 21.4. The smallest absolute Gasteiger partial charge is 0.295 e. The van der Waals surface area contributed by atoms with Crippen LogP contribution in [0.15, 0.2) is 54.2 Å². The van der Waals surface area contributed by atoms with Gasteiger partial charge in [-0.15, -0.1) is 0 Å². The van der Waals surface area contributed by atoms with Crippen molar-refractivity contribution in [2.45, 2.75) is 40.2 Å². The summed E-state index contributed by atoms with van der Waals surface area (Å²) in [5, 5.41) is 11.6. The molecule has 0 saturated carbocycles. The molecule has 36 heavy (non-hydrogen) atoms. The molecule has 4 rings (SSSR count). The summed E-state index contributed by atoms with van der Waals surface area (Å²) in [6.45, 7) is 11.2. The normalized spacial score (nSPS) is 17.5. The number of carbonyl (C=O) groups excluding carboxylic acids is 2. The first kappa shape index (κ1) is 25.4. The number of pyridine rings is 1. The third kappa shape index (κ3) is 4.73. The highest BCUT2D eigenvalue weighted by molar-refractivity contribution is 6.46. The highest BCUT2D eigenvalue weighted by Crippen LogP contribution is 2.40. The van der Waals surface area contributed by atoms with Gasteiger partial charge in [0.15, 0.2) is 5.76 Å². The first-order chi connectivity index (χ1) is 17.4. The predicted octanol–water partition coefficient (Wildman–Crippen LogP) is 4.20. The van der Waals surface area contributed by atoms with Crippen LogP contribution in [-0.2, 0) is 9.59 Å². The molecule has 1 N–H and O–H groups in total. The Hall–Kier alpha value is -3.65. The molecule has 3 aromatic rings. The van der Waals surface area contributed by atoms with Crippen LogP contribution in [0.3, 0.4) is 0 Å². The van der Waals surface area contributed by atoms with Gasteiger partial charge in [-0.3, -0.25) is 14.0 Å². The zero-order chi connectivity index (χ0) is 25.8. The number of nitrogens with zero attached hydrogens (tertiary/aromatic N) is 4. The first-order valence-corrected chi connectivity index (χ1v) is 12.6. The van der Waals surface area contributed by atoms with E-state index in [2.05, 4.69) is 23.7 Å². The third-order valence-corrected chi connectivity index (χ3v) is 6.67. The number of aliphatic hydroxyl groups is 1. The van der Waals surface area contributed by atoms with E-state index in [9.17, 15) is 14.7 Å². The van der Waals surface area contributed by atoms with Crippen LogP contribution >= 0.6 is 0 Å². The van der Waals surface area contributed by atoms with E-state index in [1.165, 1.54) is 0 Å². The number of imidazole rings is 1. The molecule has 1 aromatic carbocycles. The molecule has 8 nitrogen and oxygen atoms in total. The summed E-state index contributed by atoms with van der Waals surface area (Å²) in [6, 6.07) is 12.2. The number of likely N-dealkylation sites (N-methyl/N-ethyl adjacent to an activating group) is 1. The maximum Gasteiger partial charge on any atom is 0.295 e. The van der Waals surface area contributed by atoms with Crippen LogP contribution in [0, 0.1) is 6.92 Å². The van der Waals surface area contributed by atoms with Gasteiger partial charge in [0.1, 0.15) is 17.1 Å². The zero-order valence-electron chi connectivity index (χ0n) is 21.4. The summed E-state index contributed by atoms with van der Waals surface area (Å²) in [5.74, 6) is -0.864. The highest BCUT2D eigenvalue weighted by Gasteiger charge is 2.46. The molecule has 1 atom stereocenters. The van der Waals surface area contributed by atoms with E-state index in [1.54, 1.807) is 22.4 Å². The van der Waals surface area contributed by atoms with Gasteiger partial charge in [0, 0.05) is 19.3 Å². The number of carbonyl (C=O) groups is 2. The number of ether oxygens (including phenoxy) is 1. The fourth-order valence-electron chi connectivity index (χ4n) is 4.77. The number of hydrogen-bond donors (Lipinski definition) is 1. The van der Waals surface area contributed by atoms with Crippen molar-refractivity contribution in [2.24, 2.45) is 0 Å². The van der Waals surface area contributed by atoms with Crippen LogP contribution in [0.2, 0.25) is 0 Å². The number of aryl methyl sites for hydroxylation is 1. The summed E-state index contributed by atoms with van der Waals surface area (Å²) in [7, 11) is 0. The minimum Gasteiger partial charge on any atom is -0.505 e. The SMILES string of the molecule is CCCOc1cccc(C2C(=C(O)c3c(C)nc4ccccn34)C(=O)C(=O)N2CCN(CC)CC)c1. The van der Waals surface area contributed by atoms with Gasteiger partial charge >= 0.3 is 0 Å². The Labute approximate surface area is 211 Å². The van der Waals surface area contributed by atoms with Gasteiger partial charge in [-0.1, -0.05) is 39.0 Å². The number of amides is 1. The molecule has 1 aliphatic rings. The molecule has 190 valence electrons. The average molecular weight is 491 g/mol. The molecule has 0 spiro atoms. The molecule has 0 radical (unpaired) electrons. The van der Waals surface area contributed by atoms with Gasteiger partial charge in [-0.05, 0) is 56.3 Å². The highest BCUT2D eigenvalue weighted by atomic mass is 16.5. The Bertz CT molecular complexity index is 1290. The van der Waals surface area contributed by atoms with Gasteiger partial charge in [0.25, 0.3) is 11.7 Å². The lowest BCUT2D eigenvalue weighted by molar-refractivity contribution is -0.140. The second-order valence-corrected chi connectivity index (χ2v) is 8.91. The molecule has 1 fully saturated rings. The van der Waals surface area contributed by atoms with Crippen LogP contribution in [0.4, 0.5) is 0 Å². The topological polar surface area (TPSA) is 87.4 Å². The lowest BCUT2D eigenvalue weighted by atomic mass is 9.96. The summed E-state index contributed by atoms with van der Waals surface area (Å²) in [4.78, 5) is 35.1. The molecule has 1 amide bonds. The lowest BCUT2D eigenvalue weighted by Gasteiger charge is -2.28. The number of likely N-dealkylation sites (tertiary alicyclic amines) is 1. The molecule has 1 aliphatic heterocycles. The quantitative estimate of drug-likeness (QED) is 0.260. The van der Waals surface area contributed by atoms with Gasteiger partial charge in [0.2, 0.25) is 0 Å². The molecule has 1 unspecified atom stereocenters. The van der Waals surface area contributed by atoms with Crippen LogP contribution in [0.5, 0.6) is 5.75 Å². The first-order valence-electron chi connectivity index (χ1n) is 12.6. The van der Waals surface area contributed by atoms with Crippen molar-refractivity contribution in [1.82, 2.24) is 19.2 Å². The van der Waals surface area contributed by atoms with E-state index in [4.69, 9.17) is 4.74 Å². The monoisotopic (exact) mass is 490 g/mol. The summed E-state index contributed by atoms with van der Waals surface area (Å²) in [6.07, 6.45) is 2.65. The molecule has 0 bridgehead atoms. The van der Waals surface area contributed by atoms with E-state index in [-0.39, 0.29) is 11.3 Å². The lowest BCUT2D eigenvalue weighted by Crippen LogP contribution is -2.38.